The highest BCUT2D eigenvalue weighted by Gasteiger charge is 2.47. The van der Waals surface area contributed by atoms with Crippen LogP contribution < -0.4 is 5.32 Å². The van der Waals surface area contributed by atoms with Crippen LogP contribution in [0.3, 0.4) is 0 Å². The van der Waals surface area contributed by atoms with Crippen LogP contribution in [0.5, 0.6) is 0 Å². The molecule has 0 aliphatic heterocycles. The van der Waals surface area contributed by atoms with Crippen molar-refractivity contribution in [2.45, 2.75) is 50.0 Å². The van der Waals surface area contributed by atoms with Gasteiger partial charge in [-0.2, -0.15) is 0 Å². The molecule has 1 aromatic rings. The van der Waals surface area contributed by atoms with Gasteiger partial charge in [0.2, 0.25) is 5.91 Å². The highest BCUT2D eigenvalue weighted by molar-refractivity contribution is 5.84. The van der Waals surface area contributed by atoms with E-state index in [1.165, 1.54) is 6.07 Å². The van der Waals surface area contributed by atoms with E-state index in [-0.39, 0.29) is 24.2 Å². The Bertz CT molecular complexity index is 641. The fourth-order valence-electron chi connectivity index (χ4n) is 3.64. The van der Waals surface area contributed by atoms with Crippen molar-refractivity contribution in [3.8, 4) is 0 Å². The number of carbonyl (C=O) groups is 2. The smallest absolute Gasteiger partial charge is 0.305 e. The molecule has 2 unspecified atom stereocenters. The van der Waals surface area contributed by atoms with Gasteiger partial charge in [-0.05, 0) is 42.9 Å². The van der Waals surface area contributed by atoms with Crippen molar-refractivity contribution < 1.29 is 23.5 Å². The van der Waals surface area contributed by atoms with Gasteiger partial charge < -0.3 is 10.4 Å². The number of carbonyl (C=O) groups excluding carboxylic acids is 1. The summed E-state index contributed by atoms with van der Waals surface area (Å²) in [4.78, 5) is 23.5. The van der Waals surface area contributed by atoms with Gasteiger partial charge in [0, 0.05) is 5.92 Å². The predicted molar refractivity (Wildman–Crippen MR) is 78.8 cm³/mol. The molecule has 0 bridgehead atoms. The lowest BCUT2D eigenvalue weighted by atomic mass is 9.92. The van der Waals surface area contributed by atoms with Gasteiger partial charge in [-0.15, -0.1) is 0 Å². The lowest BCUT2D eigenvalue weighted by molar-refractivity contribution is -0.139. The van der Waals surface area contributed by atoms with E-state index >= 15 is 0 Å². The summed E-state index contributed by atoms with van der Waals surface area (Å²) in [5, 5.41) is 12.0. The Morgan fingerprint density at radius 2 is 1.91 bits per heavy atom. The summed E-state index contributed by atoms with van der Waals surface area (Å²) in [6, 6.07) is 3.70. The van der Waals surface area contributed by atoms with Gasteiger partial charge in [0.1, 0.15) is 0 Å². The van der Waals surface area contributed by atoms with E-state index in [0.717, 1.165) is 25.0 Å². The Morgan fingerprint density at radius 3 is 2.52 bits per heavy atom. The number of rotatable bonds is 5. The van der Waals surface area contributed by atoms with Gasteiger partial charge in [-0.1, -0.05) is 18.9 Å². The van der Waals surface area contributed by atoms with E-state index in [9.17, 15) is 18.4 Å². The quantitative estimate of drug-likeness (QED) is 0.875. The molecule has 1 amide bonds. The minimum absolute atomic E-state index is 0.0682. The molecule has 124 valence electrons. The maximum absolute atomic E-state index is 13.3. The second-order valence-electron chi connectivity index (χ2n) is 6.67. The van der Waals surface area contributed by atoms with Gasteiger partial charge in [0.25, 0.3) is 0 Å². The first-order valence-electron chi connectivity index (χ1n) is 7.89. The summed E-state index contributed by atoms with van der Waals surface area (Å²) >= 11 is 0. The number of hydrogen-bond donors (Lipinski definition) is 2. The molecule has 2 fully saturated rings. The third-order valence-electron chi connectivity index (χ3n) is 4.94. The van der Waals surface area contributed by atoms with E-state index < -0.39 is 23.1 Å². The maximum Gasteiger partial charge on any atom is 0.305 e. The Hall–Kier alpha value is -1.98. The zero-order chi connectivity index (χ0) is 16.6. The van der Waals surface area contributed by atoms with Crippen molar-refractivity contribution in [2.75, 3.05) is 0 Å². The van der Waals surface area contributed by atoms with Crippen molar-refractivity contribution in [1.82, 2.24) is 5.32 Å². The second kappa shape index (κ2) is 5.91. The van der Waals surface area contributed by atoms with E-state index in [1.807, 2.05) is 0 Å². The number of halogens is 2. The standard InChI is InChI=1S/C17H19F2NO3/c18-13-4-3-10(7-14(13)19)11-8-12(11)16(23)20-17(9-15(21)22)5-1-2-6-17/h3-4,7,11-12H,1-2,5-6,8-9H2,(H,20,23)(H,21,22). The zero-order valence-corrected chi connectivity index (χ0v) is 12.6. The van der Waals surface area contributed by atoms with E-state index in [0.29, 0.717) is 24.8 Å². The monoisotopic (exact) mass is 323 g/mol. The first-order chi connectivity index (χ1) is 10.9. The first-order valence-corrected chi connectivity index (χ1v) is 7.89. The average molecular weight is 323 g/mol. The Balaban J connectivity index is 1.65. The number of carboxylic acids is 1. The molecule has 6 heteroatoms. The number of carboxylic acid groups (broad SMARTS) is 1. The Kier molecular flexibility index (Phi) is 4.08. The van der Waals surface area contributed by atoms with Crippen molar-refractivity contribution in [3.05, 3.63) is 35.4 Å². The lowest BCUT2D eigenvalue weighted by Gasteiger charge is -2.28. The van der Waals surface area contributed by atoms with Crippen LogP contribution in [0.25, 0.3) is 0 Å². The molecule has 4 nitrogen and oxygen atoms in total. The van der Waals surface area contributed by atoms with Crippen LogP contribution in [0.2, 0.25) is 0 Å². The van der Waals surface area contributed by atoms with Crippen molar-refractivity contribution in [2.24, 2.45) is 5.92 Å². The van der Waals surface area contributed by atoms with Crippen LogP contribution in [0.1, 0.15) is 50.0 Å². The number of hydrogen-bond acceptors (Lipinski definition) is 2. The maximum atomic E-state index is 13.3. The van der Waals surface area contributed by atoms with Crippen LogP contribution in [-0.4, -0.2) is 22.5 Å². The molecule has 2 aliphatic carbocycles. The van der Waals surface area contributed by atoms with Gasteiger partial charge >= 0.3 is 5.97 Å². The van der Waals surface area contributed by atoms with Crippen molar-refractivity contribution >= 4 is 11.9 Å². The SMILES string of the molecule is O=C(O)CC1(NC(=O)C2CC2c2ccc(F)c(F)c2)CCCC1. The molecular weight excluding hydrogens is 304 g/mol. The van der Waals surface area contributed by atoms with Crippen LogP contribution in [0.4, 0.5) is 8.78 Å². The predicted octanol–water partition coefficient (Wildman–Crippen LogP) is 2.97. The molecule has 2 aliphatic rings. The van der Waals surface area contributed by atoms with E-state index in [2.05, 4.69) is 5.32 Å². The normalized spacial score (nSPS) is 25.1. The molecule has 3 rings (SSSR count). The summed E-state index contributed by atoms with van der Waals surface area (Å²) in [7, 11) is 0. The number of amides is 1. The van der Waals surface area contributed by atoms with Crippen molar-refractivity contribution in [3.63, 3.8) is 0 Å². The van der Waals surface area contributed by atoms with Crippen LogP contribution in [0.15, 0.2) is 18.2 Å². The average Bonchev–Trinajstić information content (AvgIpc) is 3.16. The van der Waals surface area contributed by atoms with E-state index in [4.69, 9.17) is 5.11 Å². The summed E-state index contributed by atoms with van der Waals surface area (Å²) in [5.74, 6) is -3.31. The number of benzene rings is 1. The van der Waals surface area contributed by atoms with Crippen LogP contribution >= 0.6 is 0 Å². The summed E-state index contributed by atoms with van der Waals surface area (Å²) in [6.45, 7) is 0. The second-order valence-corrected chi connectivity index (χ2v) is 6.67. The van der Waals surface area contributed by atoms with Gasteiger partial charge in [-0.3, -0.25) is 9.59 Å². The zero-order valence-electron chi connectivity index (χ0n) is 12.6. The highest BCUT2D eigenvalue weighted by Crippen LogP contribution is 2.48. The molecule has 2 atom stereocenters. The summed E-state index contributed by atoms with van der Waals surface area (Å²) in [5.41, 5.74) is -0.0350. The Labute approximate surface area is 132 Å². The Morgan fingerprint density at radius 1 is 1.22 bits per heavy atom. The van der Waals surface area contributed by atoms with Gasteiger partial charge in [0.15, 0.2) is 11.6 Å². The molecule has 0 radical (unpaired) electrons. The van der Waals surface area contributed by atoms with Crippen LogP contribution in [0, 0.1) is 17.6 Å². The first kappa shape index (κ1) is 15.9. The third kappa shape index (κ3) is 3.35. The molecule has 0 saturated heterocycles. The summed E-state index contributed by atoms with van der Waals surface area (Å²) < 4.78 is 26.3. The highest BCUT2D eigenvalue weighted by atomic mass is 19.2. The number of aliphatic carboxylic acids is 1. The molecule has 0 spiro atoms. The number of nitrogens with one attached hydrogen (secondary N) is 1. The molecule has 2 saturated carbocycles. The summed E-state index contributed by atoms with van der Waals surface area (Å²) in [6.07, 6.45) is 3.68. The third-order valence-corrected chi connectivity index (χ3v) is 4.94. The molecular formula is C17H19F2NO3. The minimum Gasteiger partial charge on any atom is -0.481 e. The van der Waals surface area contributed by atoms with Crippen molar-refractivity contribution in [1.29, 1.82) is 0 Å². The fourth-order valence-corrected chi connectivity index (χ4v) is 3.64. The molecule has 0 aromatic heterocycles. The fraction of sp³-hybridized carbons (Fsp3) is 0.529. The minimum atomic E-state index is -0.917. The molecule has 1 aromatic carbocycles. The van der Waals surface area contributed by atoms with Crippen LogP contribution in [-0.2, 0) is 9.59 Å². The van der Waals surface area contributed by atoms with Gasteiger partial charge in [0.05, 0.1) is 12.0 Å². The largest absolute Gasteiger partial charge is 0.481 e. The molecule has 23 heavy (non-hydrogen) atoms. The molecule has 0 heterocycles. The lowest BCUT2D eigenvalue weighted by Crippen LogP contribution is -2.48. The van der Waals surface area contributed by atoms with E-state index in [1.54, 1.807) is 0 Å². The molecule has 2 N–H and O–H groups in total. The topological polar surface area (TPSA) is 66.4 Å². The van der Waals surface area contributed by atoms with Gasteiger partial charge in [-0.25, -0.2) is 8.78 Å².